The van der Waals surface area contributed by atoms with Gasteiger partial charge in [-0.15, -0.1) is 0 Å². The van der Waals surface area contributed by atoms with Crippen LogP contribution in [0.2, 0.25) is 0 Å². The van der Waals surface area contributed by atoms with Gasteiger partial charge in [-0.3, -0.25) is 9.59 Å². The summed E-state index contributed by atoms with van der Waals surface area (Å²) in [6.07, 6.45) is 108. The van der Waals surface area contributed by atoms with Crippen molar-refractivity contribution in [3.05, 3.63) is 158 Å². The molecule has 1 unspecified atom stereocenters. The molecule has 0 aromatic rings. The quantitative estimate of drug-likeness (QED) is 0.0373. The molecule has 0 aliphatic carbocycles. The summed E-state index contributed by atoms with van der Waals surface area (Å²) in [5.41, 5.74) is 0. The van der Waals surface area contributed by atoms with Crippen LogP contribution >= 0.6 is 0 Å². The van der Waals surface area contributed by atoms with E-state index in [1.807, 2.05) is 0 Å². The maximum Gasteiger partial charge on any atom is 0.306 e. The second-order valence-electron chi connectivity index (χ2n) is 22.1. The van der Waals surface area contributed by atoms with Gasteiger partial charge < -0.3 is 14.6 Å². The lowest BCUT2D eigenvalue weighted by atomic mass is 10.0. The van der Waals surface area contributed by atoms with Crippen molar-refractivity contribution in [2.75, 3.05) is 13.2 Å². The minimum atomic E-state index is -0.784. The molecule has 0 rings (SSSR count). The van der Waals surface area contributed by atoms with Gasteiger partial charge in [0.05, 0.1) is 6.61 Å². The van der Waals surface area contributed by atoms with Crippen LogP contribution < -0.4 is 0 Å². The van der Waals surface area contributed by atoms with Crippen LogP contribution in [0.5, 0.6) is 0 Å². The van der Waals surface area contributed by atoms with Gasteiger partial charge in [0, 0.05) is 12.8 Å². The predicted octanol–water partition coefficient (Wildman–Crippen LogP) is 23.9. The molecule has 0 spiro atoms. The summed E-state index contributed by atoms with van der Waals surface area (Å²) in [5.74, 6) is -0.593. The van der Waals surface area contributed by atoms with E-state index < -0.39 is 6.10 Å². The van der Waals surface area contributed by atoms with Crippen molar-refractivity contribution in [3.8, 4) is 0 Å². The van der Waals surface area contributed by atoms with Gasteiger partial charge in [0.2, 0.25) is 0 Å². The van der Waals surface area contributed by atoms with Gasteiger partial charge in [-0.05, 0) is 122 Å². The van der Waals surface area contributed by atoms with E-state index in [9.17, 15) is 14.7 Å². The van der Waals surface area contributed by atoms with E-state index in [-0.39, 0.29) is 25.2 Å². The normalized spacial score (nSPS) is 13.3. The van der Waals surface area contributed by atoms with E-state index in [1.165, 1.54) is 148 Å². The van der Waals surface area contributed by atoms with Crippen molar-refractivity contribution in [2.24, 2.45) is 0 Å². The lowest BCUT2D eigenvalue weighted by Gasteiger charge is -2.15. The van der Waals surface area contributed by atoms with Gasteiger partial charge in [-0.1, -0.05) is 320 Å². The molecule has 0 aliphatic heterocycles. The Morgan fingerprint density at radius 3 is 0.732 bits per heavy atom. The summed E-state index contributed by atoms with van der Waals surface area (Å²) in [7, 11) is 0. The number of carbonyl (C=O) groups is 2. The van der Waals surface area contributed by atoms with Crippen LogP contribution in [0.1, 0.15) is 296 Å². The maximum atomic E-state index is 12.4. The number of aliphatic hydroxyl groups excluding tert-OH is 1. The topological polar surface area (TPSA) is 72.8 Å². The van der Waals surface area contributed by atoms with Gasteiger partial charge in [0.15, 0.2) is 6.10 Å². The number of carbonyl (C=O) groups excluding carboxylic acids is 2. The Labute approximate surface area is 507 Å². The molecule has 0 aromatic heterocycles. The first-order chi connectivity index (χ1) is 40.6. The number of allylic oxidation sites excluding steroid dienone is 26. The average Bonchev–Trinajstić information content (AvgIpc) is 3.49. The molecular formula is C77H126O5. The van der Waals surface area contributed by atoms with Crippen LogP contribution in [-0.2, 0) is 19.1 Å². The maximum absolute atomic E-state index is 12.4. The van der Waals surface area contributed by atoms with Gasteiger partial charge >= 0.3 is 11.9 Å². The molecule has 0 heterocycles. The molecule has 0 fully saturated rings. The Kier molecular flexibility index (Phi) is 66.9. The van der Waals surface area contributed by atoms with Crippen molar-refractivity contribution in [1.29, 1.82) is 0 Å². The van der Waals surface area contributed by atoms with Crippen molar-refractivity contribution in [2.45, 2.75) is 302 Å². The van der Waals surface area contributed by atoms with Crippen LogP contribution in [0.15, 0.2) is 158 Å². The second-order valence-corrected chi connectivity index (χ2v) is 22.1. The lowest BCUT2D eigenvalue weighted by molar-refractivity contribution is -0.161. The molecule has 1 N–H and O–H groups in total. The molecule has 0 aromatic carbocycles. The lowest BCUT2D eigenvalue weighted by Crippen LogP contribution is -2.28. The molecule has 464 valence electrons. The van der Waals surface area contributed by atoms with Gasteiger partial charge in [-0.2, -0.15) is 0 Å². The minimum Gasteiger partial charge on any atom is -0.462 e. The zero-order valence-electron chi connectivity index (χ0n) is 53.2. The van der Waals surface area contributed by atoms with E-state index in [2.05, 4.69) is 172 Å². The van der Waals surface area contributed by atoms with Gasteiger partial charge in [0.1, 0.15) is 6.61 Å². The number of hydrogen-bond acceptors (Lipinski definition) is 5. The fraction of sp³-hybridized carbons (Fsp3) is 0.636. The molecule has 5 nitrogen and oxygen atoms in total. The molecular weight excluding hydrogens is 1000 g/mol. The average molecular weight is 1130 g/mol. The number of esters is 2. The first-order valence-corrected chi connectivity index (χ1v) is 34.0. The van der Waals surface area contributed by atoms with Crippen LogP contribution in [0.3, 0.4) is 0 Å². The molecule has 1 atom stereocenters. The minimum absolute atomic E-state index is 0.0728. The van der Waals surface area contributed by atoms with Crippen LogP contribution in [-0.4, -0.2) is 36.4 Å². The standard InChI is InChI=1S/C77H126O5/c1-3-5-7-9-11-13-15-17-19-21-23-25-27-29-31-33-35-36-37-38-39-40-42-44-46-48-50-52-54-56-58-60-62-64-66-68-70-72-77(80)82-75(73-78)74-81-76(79)71-69-67-65-63-61-59-57-55-53-51-49-47-45-43-41-34-32-30-28-26-24-22-20-18-16-14-12-10-8-6-4-2/h5-8,11-14,17-20,23-26,29-32,35-36,38-39,42,44,75,78H,3-4,9-10,15-16,21-22,27-28,33-34,37,40-41,43,45-74H2,1-2H3/b7-5-,8-6-,13-11-,14-12-,19-17-,20-18-,25-23-,26-24-,31-29-,32-30-,36-35-,39-38-,44-42-. The highest BCUT2D eigenvalue weighted by Crippen LogP contribution is 2.16. The highest BCUT2D eigenvalue weighted by molar-refractivity contribution is 5.70. The Morgan fingerprint density at radius 2 is 0.488 bits per heavy atom. The Bertz CT molecular complexity index is 1760. The number of unbranched alkanes of at least 4 members (excludes halogenated alkanes) is 27. The van der Waals surface area contributed by atoms with Gasteiger partial charge in [-0.25, -0.2) is 0 Å². The van der Waals surface area contributed by atoms with E-state index >= 15 is 0 Å². The fourth-order valence-corrected chi connectivity index (χ4v) is 9.31. The molecule has 5 heteroatoms. The first kappa shape index (κ1) is 77.5. The van der Waals surface area contributed by atoms with E-state index in [1.54, 1.807) is 0 Å². The first-order valence-electron chi connectivity index (χ1n) is 34.0. The fourth-order valence-electron chi connectivity index (χ4n) is 9.31. The van der Waals surface area contributed by atoms with Crippen molar-refractivity contribution >= 4 is 11.9 Å². The van der Waals surface area contributed by atoms with Gasteiger partial charge in [0.25, 0.3) is 0 Å². The molecule has 0 aliphatic rings. The van der Waals surface area contributed by atoms with Crippen molar-refractivity contribution in [1.82, 2.24) is 0 Å². The second kappa shape index (κ2) is 70.8. The smallest absolute Gasteiger partial charge is 0.306 e. The summed E-state index contributed by atoms with van der Waals surface area (Å²) in [5, 5.41) is 9.70. The Balaban J connectivity index is 3.52. The number of ether oxygens (including phenoxy) is 2. The number of rotatable bonds is 61. The molecule has 0 saturated carbocycles. The Morgan fingerprint density at radius 1 is 0.280 bits per heavy atom. The summed E-state index contributed by atoms with van der Waals surface area (Å²) in [6, 6.07) is 0. The summed E-state index contributed by atoms with van der Waals surface area (Å²) >= 11 is 0. The summed E-state index contributed by atoms with van der Waals surface area (Å²) in [4.78, 5) is 24.7. The summed E-state index contributed by atoms with van der Waals surface area (Å²) < 4.78 is 10.8. The Hall–Kier alpha value is -4.48. The molecule has 0 saturated heterocycles. The predicted molar refractivity (Wildman–Crippen MR) is 361 cm³/mol. The highest BCUT2D eigenvalue weighted by atomic mass is 16.6. The molecule has 0 bridgehead atoms. The van der Waals surface area contributed by atoms with E-state index in [0.717, 1.165) is 122 Å². The molecule has 0 radical (unpaired) electrons. The van der Waals surface area contributed by atoms with Crippen LogP contribution in [0, 0.1) is 0 Å². The third-order valence-electron chi connectivity index (χ3n) is 14.3. The monoisotopic (exact) mass is 1130 g/mol. The zero-order valence-corrected chi connectivity index (χ0v) is 53.2. The SMILES string of the molecule is CC/C=C\C/C=C\C/C=C\C/C=C\C/C=C\C/C=C\C/C=C\C/C=C\CCCCCCCCCCCCCCC(=O)OC(CO)COC(=O)CCCCCCCCCCCCCCCCC/C=C\C/C=C\C/C=C\C/C=C\C/C=C\CC. The van der Waals surface area contributed by atoms with E-state index in [4.69, 9.17) is 9.47 Å². The van der Waals surface area contributed by atoms with Crippen LogP contribution in [0.4, 0.5) is 0 Å². The number of aliphatic hydroxyl groups is 1. The summed E-state index contributed by atoms with van der Waals surface area (Å²) in [6.45, 7) is 3.92. The third-order valence-corrected chi connectivity index (χ3v) is 14.3. The zero-order chi connectivity index (χ0) is 59.1. The van der Waals surface area contributed by atoms with Crippen molar-refractivity contribution in [3.63, 3.8) is 0 Å². The largest absolute Gasteiger partial charge is 0.462 e. The third kappa shape index (κ3) is 68.0. The highest BCUT2D eigenvalue weighted by Gasteiger charge is 2.16. The van der Waals surface area contributed by atoms with Crippen LogP contribution in [0.25, 0.3) is 0 Å². The molecule has 82 heavy (non-hydrogen) atoms. The molecule has 0 amide bonds. The van der Waals surface area contributed by atoms with Crippen molar-refractivity contribution < 1.29 is 24.2 Å². The van der Waals surface area contributed by atoms with E-state index in [0.29, 0.717) is 12.8 Å². The number of hydrogen-bond donors (Lipinski definition) is 1.